The molecule has 1 aliphatic heterocycles. The summed E-state index contributed by atoms with van der Waals surface area (Å²) in [7, 11) is 1.60. The van der Waals surface area contributed by atoms with Crippen LogP contribution in [0.3, 0.4) is 0 Å². The minimum absolute atomic E-state index is 0.215. The Morgan fingerprint density at radius 1 is 1.16 bits per heavy atom. The summed E-state index contributed by atoms with van der Waals surface area (Å²) >= 11 is 0. The molecular weight excluding hydrogens is 315 g/mol. The monoisotopic (exact) mass is 342 g/mol. The van der Waals surface area contributed by atoms with Crippen LogP contribution in [0.2, 0.25) is 0 Å². The molecule has 0 bridgehead atoms. The highest BCUT2D eigenvalue weighted by Crippen LogP contribution is 2.42. The Balaban J connectivity index is 2.33. The molecule has 0 aromatic heterocycles. The molecule has 0 fully saturated rings. The maximum atomic E-state index is 14.6. The second kappa shape index (κ2) is 6.45. The maximum absolute atomic E-state index is 14.6. The lowest BCUT2D eigenvalue weighted by atomic mass is 9.82. The van der Waals surface area contributed by atoms with Gasteiger partial charge in [0.2, 0.25) is 0 Å². The van der Waals surface area contributed by atoms with Gasteiger partial charge >= 0.3 is 0 Å². The molecule has 134 valence electrons. The molecule has 0 aliphatic carbocycles. The SMILES string of the molecule is CCc1cc2c(c(C)c1-c1cc(C(C)(C)C)c(F)cc1OC)COC2. The van der Waals surface area contributed by atoms with E-state index in [1.165, 1.54) is 28.3 Å². The first-order chi connectivity index (χ1) is 11.8. The molecule has 2 aromatic carbocycles. The largest absolute Gasteiger partial charge is 0.496 e. The van der Waals surface area contributed by atoms with E-state index >= 15 is 0 Å². The van der Waals surface area contributed by atoms with Gasteiger partial charge in [0.1, 0.15) is 11.6 Å². The quantitative estimate of drug-likeness (QED) is 0.712. The van der Waals surface area contributed by atoms with Crippen LogP contribution in [0.25, 0.3) is 11.1 Å². The van der Waals surface area contributed by atoms with Crippen LogP contribution in [0.5, 0.6) is 5.75 Å². The fourth-order valence-electron chi connectivity index (χ4n) is 3.74. The average Bonchev–Trinajstić information content (AvgIpc) is 3.02. The summed E-state index contributed by atoms with van der Waals surface area (Å²) in [5.74, 6) is 0.371. The third-order valence-electron chi connectivity index (χ3n) is 5.14. The highest BCUT2D eigenvalue weighted by atomic mass is 19.1. The van der Waals surface area contributed by atoms with E-state index in [1.54, 1.807) is 7.11 Å². The molecule has 1 heterocycles. The smallest absolute Gasteiger partial charge is 0.130 e. The molecule has 3 rings (SSSR count). The normalized spacial score (nSPS) is 13.9. The van der Waals surface area contributed by atoms with Crippen LogP contribution in [0, 0.1) is 12.7 Å². The van der Waals surface area contributed by atoms with E-state index in [-0.39, 0.29) is 11.2 Å². The summed E-state index contributed by atoms with van der Waals surface area (Å²) in [5, 5.41) is 0. The number of aryl methyl sites for hydroxylation is 1. The van der Waals surface area contributed by atoms with Gasteiger partial charge in [-0.15, -0.1) is 0 Å². The van der Waals surface area contributed by atoms with Crippen LogP contribution in [0.1, 0.15) is 55.5 Å². The van der Waals surface area contributed by atoms with E-state index in [0.717, 1.165) is 17.5 Å². The van der Waals surface area contributed by atoms with Crippen molar-refractivity contribution in [2.24, 2.45) is 0 Å². The predicted molar refractivity (Wildman–Crippen MR) is 99.7 cm³/mol. The summed E-state index contributed by atoms with van der Waals surface area (Å²) in [4.78, 5) is 0. The fraction of sp³-hybridized carbons (Fsp3) is 0.455. The lowest BCUT2D eigenvalue weighted by Crippen LogP contribution is -2.14. The minimum Gasteiger partial charge on any atom is -0.496 e. The molecule has 1 aliphatic rings. The number of ether oxygens (including phenoxy) is 2. The lowest BCUT2D eigenvalue weighted by Gasteiger charge is -2.24. The summed E-state index contributed by atoms with van der Waals surface area (Å²) in [5.41, 5.74) is 7.58. The van der Waals surface area contributed by atoms with Crippen molar-refractivity contribution in [1.29, 1.82) is 0 Å². The molecule has 25 heavy (non-hydrogen) atoms. The summed E-state index contributed by atoms with van der Waals surface area (Å²) < 4.78 is 25.8. The highest BCUT2D eigenvalue weighted by molar-refractivity contribution is 5.79. The van der Waals surface area contributed by atoms with Gasteiger partial charge in [-0.2, -0.15) is 0 Å². The Morgan fingerprint density at radius 3 is 2.48 bits per heavy atom. The molecule has 0 saturated heterocycles. The van der Waals surface area contributed by atoms with Crippen molar-refractivity contribution in [3.05, 3.63) is 51.8 Å². The van der Waals surface area contributed by atoms with Gasteiger partial charge in [0.25, 0.3) is 0 Å². The number of benzene rings is 2. The Kier molecular flexibility index (Phi) is 4.63. The zero-order valence-corrected chi connectivity index (χ0v) is 16.0. The number of rotatable bonds is 3. The van der Waals surface area contributed by atoms with Gasteiger partial charge in [0, 0.05) is 11.6 Å². The Labute approximate surface area is 150 Å². The second-order valence-electron chi connectivity index (χ2n) is 7.80. The van der Waals surface area contributed by atoms with Crippen molar-refractivity contribution >= 4 is 0 Å². The van der Waals surface area contributed by atoms with Crippen molar-refractivity contribution in [3.8, 4) is 16.9 Å². The summed E-state index contributed by atoms with van der Waals surface area (Å²) in [6.07, 6.45) is 0.912. The average molecular weight is 342 g/mol. The highest BCUT2D eigenvalue weighted by Gasteiger charge is 2.25. The molecular formula is C22H27FO2. The molecule has 0 amide bonds. The molecule has 0 N–H and O–H groups in total. The van der Waals surface area contributed by atoms with Gasteiger partial charge in [-0.05, 0) is 58.2 Å². The van der Waals surface area contributed by atoms with E-state index in [0.29, 0.717) is 24.5 Å². The number of hydrogen-bond acceptors (Lipinski definition) is 2. The van der Waals surface area contributed by atoms with Gasteiger partial charge in [-0.25, -0.2) is 4.39 Å². The zero-order chi connectivity index (χ0) is 18.4. The molecule has 3 heteroatoms. The minimum atomic E-state index is -0.273. The van der Waals surface area contributed by atoms with E-state index in [2.05, 4.69) is 19.9 Å². The standard InChI is InChI=1S/C22H27FO2/c1-7-14-8-15-11-25-12-17(15)13(2)21(14)16-9-18(22(3,4)5)19(23)10-20(16)24-6/h8-10H,7,11-12H2,1-6H3. The molecule has 0 atom stereocenters. The Morgan fingerprint density at radius 2 is 1.88 bits per heavy atom. The third-order valence-corrected chi connectivity index (χ3v) is 5.14. The van der Waals surface area contributed by atoms with E-state index in [4.69, 9.17) is 9.47 Å². The van der Waals surface area contributed by atoms with Gasteiger partial charge in [-0.3, -0.25) is 0 Å². The number of methoxy groups -OCH3 is 1. The second-order valence-corrected chi connectivity index (χ2v) is 7.80. The molecule has 0 saturated carbocycles. The first-order valence-electron chi connectivity index (χ1n) is 8.88. The summed E-state index contributed by atoms with van der Waals surface area (Å²) in [6, 6.07) is 5.74. The van der Waals surface area contributed by atoms with E-state index in [9.17, 15) is 4.39 Å². The lowest BCUT2D eigenvalue weighted by molar-refractivity contribution is 0.134. The third kappa shape index (κ3) is 3.06. The first kappa shape index (κ1) is 17.9. The first-order valence-corrected chi connectivity index (χ1v) is 8.88. The predicted octanol–water partition coefficient (Wildman–Crippen LogP) is 5.70. The van der Waals surface area contributed by atoms with Crippen molar-refractivity contribution in [2.45, 2.75) is 59.7 Å². The number of fused-ring (bicyclic) bond motifs is 1. The van der Waals surface area contributed by atoms with Gasteiger partial charge in [-0.1, -0.05) is 33.8 Å². The van der Waals surface area contributed by atoms with Gasteiger partial charge < -0.3 is 9.47 Å². The number of hydrogen-bond donors (Lipinski definition) is 0. The summed E-state index contributed by atoms with van der Waals surface area (Å²) in [6.45, 7) is 11.7. The Hall–Kier alpha value is -1.87. The van der Waals surface area contributed by atoms with Crippen LogP contribution in [-0.2, 0) is 29.8 Å². The van der Waals surface area contributed by atoms with Crippen LogP contribution in [-0.4, -0.2) is 7.11 Å². The topological polar surface area (TPSA) is 18.5 Å². The zero-order valence-electron chi connectivity index (χ0n) is 16.0. The Bertz CT molecular complexity index is 816. The van der Waals surface area contributed by atoms with Crippen molar-refractivity contribution in [1.82, 2.24) is 0 Å². The van der Waals surface area contributed by atoms with Gasteiger partial charge in [0.05, 0.1) is 20.3 Å². The van der Waals surface area contributed by atoms with Crippen LogP contribution < -0.4 is 4.74 Å². The van der Waals surface area contributed by atoms with Crippen LogP contribution >= 0.6 is 0 Å². The fourth-order valence-corrected chi connectivity index (χ4v) is 3.74. The van der Waals surface area contributed by atoms with E-state index in [1.807, 2.05) is 26.8 Å². The molecule has 0 spiro atoms. The van der Waals surface area contributed by atoms with Crippen molar-refractivity contribution in [2.75, 3.05) is 7.11 Å². The molecule has 2 nitrogen and oxygen atoms in total. The van der Waals surface area contributed by atoms with Crippen molar-refractivity contribution < 1.29 is 13.9 Å². The molecule has 0 unspecified atom stereocenters. The van der Waals surface area contributed by atoms with E-state index < -0.39 is 0 Å². The van der Waals surface area contributed by atoms with Gasteiger partial charge in [0.15, 0.2) is 0 Å². The maximum Gasteiger partial charge on any atom is 0.130 e. The van der Waals surface area contributed by atoms with Crippen molar-refractivity contribution in [3.63, 3.8) is 0 Å². The number of halogens is 1. The molecule has 2 aromatic rings. The molecule has 0 radical (unpaired) electrons. The van der Waals surface area contributed by atoms with Crippen LogP contribution in [0.15, 0.2) is 18.2 Å². The van der Waals surface area contributed by atoms with Crippen LogP contribution in [0.4, 0.5) is 4.39 Å².